The highest BCUT2D eigenvalue weighted by molar-refractivity contribution is 4.68. The topological polar surface area (TPSA) is 26.0 Å². The fraction of sp³-hybridized carbons (Fsp3) is 0.778. The summed E-state index contributed by atoms with van der Waals surface area (Å²) < 4.78 is 0. The van der Waals surface area contributed by atoms with Crippen LogP contribution in [0.4, 0.5) is 0 Å². The maximum absolute atomic E-state index is 4.85. The van der Waals surface area contributed by atoms with Crippen molar-refractivity contribution in [3.8, 4) is 0 Å². The third-order valence-corrected chi connectivity index (χ3v) is 0.333. The third-order valence-electron chi connectivity index (χ3n) is 0.333. The van der Waals surface area contributed by atoms with Crippen molar-refractivity contribution in [1.29, 1.82) is 0 Å². The smallest absolute Gasteiger partial charge is 0.0106 e. The van der Waals surface area contributed by atoms with Crippen molar-refractivity contribution < 1.29 is 0 Å². The standard InChI is InChI=1S/C4H8.C3H8.C2H7N/c1-3-4-2;1-3-2;1-2-3/h3-4H,1-2H3;3H2,1-2H3;2-3H2,1H3/b4-3-;;. The molecule has 0 rings (SSSR count). The van der Waals surface area contributed by atoms with Gasteiger partial charge in [-0.3, -0.25) is 0 Å². The number of rotatable bonds is 0. The van der Waals surface area contributed by atoms with E-state index in [4.69, 9.17) is 5.73 Å². The number of allylic oxidation sites excluding steroid dienone is 2. The lowest BCUT2D eigenvalue weighted by atomic mass is 10.6. The van der Waals surface area contributed by atoms with Crippen LogP contribution in [0.5, 0.6) is 0 Å². The molecular formula is C9H23N. The average molecular weight is 145 g/mol. The van der Waals surface area contributed by atoms with Gasteiger partial charge in [0.25, 0.3) is 0 Å². The average Bonchev–Trinajstić information content (AvgIpc) is 1.91. The SMILES string of the molecule is C/C=C\C.CCC.CCN. The van der Waals surface area contributed by atoms with Crippen LogP contribution in [0.3, 0.4) is 0 Å². The summed E-state index contributed by atoms with van der Waals surface area (Å²) in [5, 5.41) is 0. The predicted molar refractivity (Wildman–Crippen MR) is 51.2 cm³/mol. The van der Waals surface area contributed by atoms with E-state index in [1.54, 1.807) is 0 Å². The summed E-state index contributed by atoms with van der Waals surface area (Å²) >= 11 is 0. The van der Waals surface area contributed by atoms with Crippen LogP contribution >= 0.6 is 0 Å². The Balaban J connectivity index is -0.0000000750. The molecule has 0 spiro atoms. The van der Waals surface area contributed by atoms with Gasteiger partial charge in [0.1, 0.15) is 0 Å². The minimum atomic E-state index is 0.750. The maximum atomic E-state index is 4.85. The molecule has 0 bridgehead atoms. The molecule has 0 amide bonds. The van der Waals surface area contributed by atoms with Crippen molar-refractivity contribution in [3.05, 3.63) is 12.2 Å². The fourth-order valence-electron chi connectivity index (χ4n) is 0. The Bertz CT molecular complexity index is 34.0. The lowest BCUT2D eigenvalue weighted by molar-refractivity contribution is 1.09. The van der Waals surface area contributed by atoms with E-state index in [9.17, 15) is 0 Å². The molecule has 0 fully saturated rings. The molecule has 1 nitrogen and oxygen atoms in total. The van der Waals surface area contributed by atoms with Gasteiger partial charge in [-0.05, 0) is 20.4 Å². The first-order valence-corrected chi connectivity index (χ1v) is 4.02. The van der Waals surface area contributed by atoms with Crippen molar-refractivity contribution in [2.45, 2.75) is 41.0 Å². The zero-order chi connectivity index (χ0) is 8.83. The van der Waals surface area contributed by atoms with E-state index in [1.165, 1.54) is 6.42 Å². The minimum Gasteiger partial charge on any atom is -0.331 e. The molecule has 0 radical (unpaired) electrons. The Kier molecular flexibility index (Phi) is 61.6. The van der Waals surface area contributed by atoms with Crippen LogP contribution in [0.2, 0.25) is 0 Å². The van der Waals surface area contributed by atoms with Crippen molar-refractivity contribution in [1.82, 2.24) is 0 Å². The lowest BCUT2D eigenvalue weighted by Gasteiger charge is -1.53. The van der Waals surface area contributed by atoms with Gasteiger partial charge in [-0.25, -0.2) is 0 Å². The second-order valence-corrected chi connectivity index (χ2v) is 1.78. The van der Waals surface area contributed by atoms with Gasteiger partial charge in [-0.15, -0.1) is 0 Å². The minimum absolute atomic E-state index is 0.750. The quantitative estimate of drug-likeness (QED) is 0.521. The summed E-state index contributed by atoms with van der Waals surface area (Å²) in [7, 11) is 0. The lowest BCUT2D eigenvalue weighted by Crippen LogP contribution is -1.87. The van der Waals surface area contributed by atoms with Crippen molar-refractivity contribution in [2.24, 2.45) is 5.73 Å². The first-order valence-electron chi connectivity index (χ1n) is 4.02. The maximum Gasteiger partial charge on any atom is -0.0106 e. The zero-order valence-corrected chi connectivity index (χ0v) is 8.15. The molecule has 0 atom stereocenters. The van der Waals surface area contributed by atoms with Gasteiger partial charge in [0.05, 0.1) is 0 Å². The van der Waals surface area contributed by atoms with Gasteiger partial charge in [-0.1, -0.05) is 39.3 Å². The molecule has 0 aliphatic carbocycles. The van der Waals surface area contributed by atoms with Crippen LogP contribution in [-0.2, 0) is 0 Å². The molecule has 0 saturated heterocycles. The van der Waals surface area contributed by atoms with E-state index >= 15 is 0 Å². The molecule has 10 heavy (non-hydrogen) atoms. The van der Waals surface area contributed by atoms with Crippen molar-refractivity contribution in [2.75, 3.05) is 6.54 Å². The monoisotopic (exact) mass is 145 g/mol. The van der Waals surface area contributed by atoms with Crippen molar-refractivity contribution >= 4 is 0 Å². The Morgan fingerprint density at radius 2 is 1.10 bits per heavy atom. The van der Waals surface area contributed by atoms with Gasteiger partial charge >= 0.3 is 0 Å². The Morgan fingerprint density at radius 3 is 1.10 bits per heavy atom. The van der Waals surface area contributed by atoms with Gasteiger partial charge < -0.3 is 5.73 Å². The van der Waals surface area contributed by atoms with Gasteiger partial charge in [0, 0.05) is 0 Å². The highest BCUT2D eigenvalue weighted by atomic mass is 14.5. The van der Waals surface area contributed by atoms with Crippen molar-refractivity contribution in [3.63, 3.8) is 0 Å². The first-order chi connectivity index (χ1) is 4.74. The van der Waals surface area contributed by atoms with Crippen LogP contribution < -0.4 is 5.73 Å². The Hall–Kier alpha value is -0.300. The molecule has 0 unspecified atom stereocenters. The van der Waals surface area contributed by atoms with E-state index in [0.29, 0.717) is 0 Å². The van der Waals surface area contributed by atoms with Crippen LogP contribution in [0.1, 0.15) is 41.0 Å². The van der Waals surface area contributed by atoms with Gasteiger partial charge in [0.15, 0.2) is 0 Å². The molecule has 0 heterocycles. The number of nitrogens with two attached hydrogens (primary N) is 1. The summed E-state index contributed by atoms with van der Waals surface area (Å²) in [6.45, 7) is 10.9. The van der Waals surface area contributed by atoms with Gasteiger partial charge in [0.2, 0.25) is 0 Å². The molecule has 0 aromatic rings. The van der Waals surface area contributed by atoms with E-state index < -0.39 is 0 Å². The summed E-state index contributed by atoms with van der Waals surface area (Å²) in [6, 6.07) is 0. The van der Waals surface area contributed by atoms with Crippen LogP contribution in [0.25, 0.3) is 0 Å². The molecule has 0 aliphatic heterocycles. The molecule has 2 N–H and O–H groups in total. The van der Waals surface area contributed by atoms with E-state index in [0.717, 1.165) is 6.54 Å². The summed E-state index contributed by atoms with van der Waals surface area (Å²) in [5.41, 5.74) is 4.85. The van der Waals surface area contributed by atoms with E-state index in [1.807, 2.05) is 32.9 Å². The number of hydrogen-bond acceptors (Lipinski definition) is 1. The molecule has 0 aromatic carbocycles. The first kappa shape index (κ1) is 16.4. The molecule has 0 saturated carbocycles. The molecule has 1 heteroatoms. The van der Waals surface area contributed by atoms with Gasteiger partial charge in [-0.2, -0.15) is 0 Å². The predicted octanol–water partition coefficient (Wildman–Crippen LogP) is 2.96. The fourth-order valence-corrected chi connectivity index (χ4v) is 0. The highest BCUT2D eigenvalue weighted by Crippen LogP contribution is 1.57. The Morgan fingerprint density at radius 1 is 1.00 bits per heavy atom. The Labute approximate surface area is 66.3 Å². The summed E-state index contributed by atoms with van der Waals surface area (Å²) in [6.07, 6.45) is 5.25. The highest BCUT2D eigenvalue weighted by Gasteiger charge is 1.35. The van der Waals surface area contributed by atoms with E-state index in [2.05, 4.69) is 13.8 Å². The normalized spacial score (nSPS) is 7.40. The van der Waals surface area contributed by atoms with E-state index in [-0.39, 0.29) is 0 Å². The molecule has 0 aromatic heterocycles. The molecule has 64 valence electrons. The number of hydrogen-bond donors (Lipinski definition) is 1. The second kappa shape index (κ2) is 37.7. The van der Waals surface area contributed by atoms with Crippen LogP contribution in [0.15, 0.2) is 12.2 Å². The third kappa shape index (κ3) is 705. The molecule has 0 aliphatic rings. The van der Waals surface area contributed by atoms with Crippen LogP contribution in [0, 0.1) is 0 Å². The zero-order valence-electron chi connectivity index (χ0n) is 8.15. The summed E-state index contributed by atoms with van der Waals surface area (Å²) in [4.78, 5) is 0. The molecular weight excluding hydrogens is 122 g/mol. The summed E-state index contributed by atoms with van der Waals surface area (Å²) in [5.74, 6) is 0. The van der Waals surface area contributed by atoms with Crippen LogP contribution in [-0.4, -0.2) is 6.54 Å². The largest absolute Gasteiger partial charge is 0.331 e. The second-order valence-electron chi connectivity index (χ2n) is 1.78.